The Morgan fingerprint density at radius 3 is 2.68 bits per heavy atom. The van der Waals surface area contributed by atoms with E-state index in [1.54, 1.807) is 6.92 Å². The number of pyridine rings is 1. The van der Waals surface area contributed by atoms with E-state index in [0.717, 1.165) is 12.4 Å². The van der Waals surface area contributed by atoms with Crippen molar-refractivity contribution >= 4 is 22.8 Å². The summed E-state index contributed by atoms with van der Waals surface area (Å²) >= 11 is 0. The highest BCUT2D eigenvalue weighted by molar-refractivity contribution is 5.91. The molecule has 1 atom stereocenters. The van der Waals surface area contributed by atoms with Crippen molar-refractivity contribution in [2.24, 2.45) is 5.41 Å². The molecule has 166 valence electrons. The Hall–Kier alpha value is -3.24. The minimum absolute atomic E-state index is 0.0274. The largest absolute Gasteiger partial charge is 0.466 e. The standard InChI is InChI=1S/C20H21F4N5O2/c1-3-31-16(30)5-15(20(2,9-21)10-22)28-19-14(24)8-27-18(29-19)13-7-26-17-12(13)4-11(23)6-25-17/h4,6-8,15H,3,5,9-10H2,1-2H3,(H,25,26)(H,27,28,29). The van der Waals surface area contributed by atoms with E-state index in [9.17, 15) is 22.4 Å². The molecule has 0 aliphatic carbocycles. The topological polar surface area (TPSA) is 92.8 Å². The Morgan fingerprint density at radius 1 is 1.26 bits per heavy atom. The Balaban J connectivity index is 1.98. The molecule has 0 aliphatic rings. The molecule has 0 saturated heterocycles. The number of carbonyl (C=O) groups excluding carboxylic acids is 1. The number of ether oxygens (including phenoxy) is 1. The average molecular weight is 439 g/mol. The molecule has 0 amide bonds. The summed E-state index contributed by atoms with van der Waals surface area (Å²) in [6.07, 6.45) is 2.99. The first kappa shape index (κ1) is 22.4. The number of aromatic amines is 1. The molecule has 3 rings (SSSR count). The zero-order chi connectivity index (χ0) is 22.6. The number of hydrogen-bond donors (Lipinski definition) is 2. The second-order valence-corrected chi connectivity index (χ2v) is 7.27. The van der Waals surface area contributed by atoms with Gasteiger partial charge in [-0.15, -0.1) is 0 Å². The van der Waals surface area contributed by atoms with Crippen molar-refractivity contribution in [3.8, 4) is 11.4 Å². The van der Waals surface area contributed by atoms with E-state index < -0.39 is 48.8 Å². The van der Waals surface area contributed by atoms with Gasteiger partial charge in [0.15, 0.2) is 17.5 Å². The van der Waals surface area contributed by atoms with Gasteiger partial charge in [0, 0.05) is 28.6 Å². The lowest BCUT2D eigenvalue weighted by Crippen LogP contribution is -2.44. The van der Waals surface area contributed by atoms with Crippen molar-refractivity contribution in [3.63, 3.8) is 0 Å². The van der Waals surface area contributed by atoms with Gasteiger partial charge in [0.05, 0.1) is 38.8 Å². The first-order valence-corrected chi connectivity index (χ1v) is 9.51. The second-order valence-electron chi connectivity index (χ2n) is 7.27. The summed E-state index contributed by atoms with van der Waals surface area (Å²) in [6, 6.07) is 0.0711. The number of halogens is 4. The molecule has 0 aliphatic heterocycles. The number of esters is 1. The molecule has 0 bridgehead atoms. The van der Waals surface area contributed by atoms with Crippen molar-refractivity contribution in [2.45, 2.75) is 26.3 Å². The smallest absolute Gasteiger partial charge is 0.307 e. The van der Waals surface area contributed by atoms with Gasteiger partial charge in [-0.3, -0.25) is 13.6 Å². The summed E-state index contributed by atoms with van der Waals surface area (Å²) in [5.74, 6) is -2.49. The van der Waals surface area contributed by atoms with Gasteiger partial charge < -0.3 is 15.0 Å². The van der Waals surface area contributed by atoms with Gasteiger partial charge in [0.25, 0.3) is 0 Å². The Kier molecular flexibility index (Phi) is 6.71. The van der Waals surface area contributed by atoms with E-state index >= 15 is 0 Å². The monoisotopic (exact) mass is 439 g/mol. The molecular weight excluding hydrogens is 418 g/mol. The maximum atomic E-state index is 14.5. The number of fused-ring (bicyclic) bond motifs is 1. The maximum Gasteiger partial charge on any atom is 0.307 e. The van der Waals surface area contributed by atoms with Crippen LogP contribution >= 0.6 is 0 Å². The van der Waals surface area contributed by atoms with Gasteiger partial charge in [-0.05, 0) is 13.0 Å². The highest BCUT2D eigenvalue weighted by Gasteiger charge is 2.37. The van der Waals surface area contributed by atoms with Crippen molar-refractivity contribution in [1.82, 2.24) is 19.9 Å². The highest BCUT2D eigenvalue weighted by Crippen LogP contribution is 2.31. The third-order valence-electron chi connectivity index (χ3n) is 4.92. The first-order valence-electron chi connectivity index (χ1n) is 9.51. The van der Waals surface area contributed by atoms with Crippen molar-refractivity contribution in [1.29, 1.82) is 0 Å². The highest BCUT2D eigenvalue weighted by atomic mass is 19.1. The first-order chi connectivity index (χ1) is 14.8. The number of carbonyl (C=O) groups is 1. The quantitative estimate of drug-likeness (QED) is 0.387. The molecule has 3 aromatic rings. The Bertz CT molecular complexity index is 1070. The molecule has 0 fully saturated rings. The molecule has 0 radical (unpaired) electrons. The predicted octanol–water partition coefficient (Wildman–Crippen LogP) is 3.98. The van der Waals surface area contributed by atoms with E-state index in [4.69, 9.17) is 4.74 Å². The van der Waals surface area contributed by atoms with Crippen LogP contribution in [-0.4, -0.2) is 51.9 Å². The van der Waals surface area contributed by atoms with Gasteiger partial charge >= 0.3 is 5.97 Å². The summed E-state index contributed by atoms with van der Waals surface area (Å²) in [5.41, 5.74) is -0.898. The van der Waals surface area contributed by atoms with Gasteiger partial charge in [-0.1, -0.05) is 6.92 Å². The Morgan fingerprint density at radius 2 is 2.00 bits per heavy atom. The number of nitrogens with one attached hydrogen (secondary N) is 2. The van der Waals surface area contributed by atoms with Crippen LogP contribution in [0, 0.1) is 17.0 Å². The molecule has 7 nitrogen and oxygen atoms in total. The summed E-state index contributed by atoms with van der Waals surface area (Å²) in [6.45, 7) is 0.767. The second kappa shape index (κ2) is 9.27. The zero-order valence-corrected chi connectivity index (χ0v) is 16.9. The van der Waals surface area contributed by atoms with E-state index in [-0.39, 0.29) is 18.2 Å². The van der Waals surface area contributed by atoms with Crippen LogP contribution in [0.3, 0.4) is 0 Å². The van der Waals surface area contributed by atoms with Crippen LogP contribution in [0.15, 0.2) is 24.7 Å². The number of anilines is 1. The van der Waals surface area contributed by atoms with E-state index in [2.05, 4.69) is 25.3 Å². The number of hydrogen-bond acceptors (Lipinski definition) is 6. The van der Waals surface area contributed by atoms with E-state index in [1.165, 1.54) is 19.2 Å². The molecule has 1 unspecified atom stereocenters. The number of aromatic nitrogens is 4. The number of nitrogens with zero attached hydrogens (tertiary/aromatic N) is 3. The van der Waals surface area contributed by atoms with Crippen LogP contribution < -0.4 is 5.32 Å². The van der Waals surface area contributed by atoms with Crippen LogP contribution in [0.2, 0.25) is 0 Å². The fourth-order valence-electron chi connectivity index (χ4n) is 3.01. The van der Waals surface area contributed by atoms with Crippen LogP contribution in [0.25, 0.3) is 22.4 Å². The van der Waals surface area contributed by atoms with Crippen molar-refractivity contribution < 1.29 is 27.1 Å². The van der Waals surface area contributed by atoms with Gasteiger partial charge in [0.1, 0.15) is 11.5 Å². The number of alkyl halides is 2. The molecule has 0 spiro atoms. The maximum absolute atomic E-state index is 14.5. The Labute approximate surface area is 175 Å². The fraction of sp³-hybridized carbons (Fsp3) is 0.400. The summed E-state index contributed by atoms with van der Waals surface area (Å²) in [5, 5.41) is 3.01. The van der Waals surface area contributed by atoms with Crippen LogP contribution in [0.1, 0.15) is 20.3 Å². The summed E-state index contributed by atoms with van der Waals surface area (Å²) < 4.78 is 60.2. The fourth-order valence-corrected chi connectivity index (χ4v) is 3.01. The van der Waals surface area contributed by atoms with Crippen molar-refractivity contribution in [3.05, 3.63) is 36.3 Å². The minimum atomic E-state index is -1.63. The van der Waals surface area contributed by atoms with Gasteiger partial charge in [0.2, 0.25) is 0 Å². The lowest BCUT2D eigenvalue weighted by Gasteiger charge is -2.33. The van der Waals surface area contributed by atoms with Gasteiger partial charge in [-0.2, -0.15) is 0 Å². The molecule has 31 heavy (non-hydrogen) atoms. The summed E-state index contributed by atoms with van der Waals surface area (Å²) in [4.78, 5) is 26.7. The average Bonchev–Trinajstić information content (AvgIpc) is 3.17. The van der Waals surface area contributed by atoms with E-state index in [1.807, 2.05) is 0 Å². The minimum Gasteiger partial charge on any atom is -0.466 e. The normalized spacial score (nSPS) is 12.7. The molecule has 2 N–H and O–H groups in total. The lowest BCUT2D eigenvalue weighted by atomic mass is 9.83. The molecule has 3 aromatic heterocycles. The lowest BCUT2D eigenvalue weighted by molar-refractivity contribution is -0.144. The van der Waals surface area contributed by atoms with Crippen LogP contribution in [-0.2, 0) is 9.53 Å². The van der Waals surface area contributed by atoms with E-state index in [0.29, 0.717) is 16.6 Å². The number of H-pyrrole nitrogens is 1. The van der Waals surface area contributed by atoms with Gasteiger partial charge in [-0.25, -0.2) is 23.7 Å². The molecular formula is C20H21F4N5O2. The van der Waals surface area contributed by atoms with Crippen LogP contribution in [0.5, 0.6) is 0 Å². The van der Waals surface area contributed by atoms with Crippen LogP contribution in [0.4, 0.5) is 23.4 Å². The van der Waals surface area contributed by atoms with Crippen molar-refractivity contribution in [2.75, 3.05) is 25.3 Å². The SMILES string of the molecule is CCOC(=O)CC(Nc1nc(-c2c[nH]c3ncc(F)cc23)ncc1F)C(C)(CF)CF. The zero-order valence-electron chi connectivity index (χ0n) is 16.9. The summed E-state index contributed by atoms with van der Waals surface area (Å²) in [7, 11) is 0. The molecule has 3 heterocycles. The predicted molar refractivity (Wildman–Crippen MR) is 106 cm³/mol. The number of rotatable bonds is 9. The molecule has 0 saturated carbocycles. The molecule has 11 heteroatoms. The third-order valence-corrected chi connectivity index (χ3v) is 4.92. The molecule has 0 aromatic carbocycles. The third kappa shape index (κ3) is 4.75.